The molecule has 0 aromatic heterocycles. The van der Waals surface area contributed by atoms with Gasteiger partial charge in [-0.15, -0.1) is 0 Å². The number of ether oxygens (including phenoxy) is 2. The minimum Gasteiger partial charge on any atom is -0.478 e. The van der Waals surface area contributed by atoms with Gasteiger partial charge >= 0.3 is 5.97 Å². The first kappa shape index (κ1) is 17.9. The van der Waals surface area contributed by atoms with Crippen molar-refractivity contribution < 1.29 is 19.4 Å². The van der Waals surface area contributed by atoms with Gasteiger partial charge in [0.1, 0.15) is 17.1 Å². The van der Waals surface area contributed by atoms with Crippen molar-refractivity contribution in [2.24, 2.45) is 0 Å². The number of carboxylic acid groups (broad SMARTS) is 1. The highest BCUT2D eigenvalue weighted by atomic mass is 16.7. The molecule has 0 aliphatic carbocycles. The lowest BCUT2D eigenvalue weighted by molar-refractivity contribution is 0.0682. The van der Waals surface area contributed by atoms with Crippen LogP contribution in [-0.2, 0) is 12.8 Å². The van der Waals surface area contributed by atoms with Gasteiger partial charge < -0.3 is 14.6 Å². The van der Waals surface area contributed by atoms with Crippen LogP contribution in [0.5, 0.6) is 11.5 Å². The van der Waals surface area contributed by atoms with Crippen molar-refractivity contribution in [2.75, 3.05) is 6.79 Å². The molecular formula is C20H24O4. The smallest absolute Gasteiger partial charge is 0.339 e. The summed E-state index contributed by atoms with van der Waals surface area (Å²) >= 11 is 0. The Morgan fingerprint density at radius 2 is 1.58 bits per heavy atom. The zero-order valence-electron chi connectivity index (χ0n) is 14.2. The van der Waals surface area contributed by atoms with E-state index < -0.39 is 5.97 Å². The van der Waals surface area contributed by atoms with Crippen LogP contribution in [0.15, 0.2) is 42.5 Å². The standard InChI is InChI=1S/C20H24O4/c1-3-7-15-11-16(8-4-2)13-17(12-15)23-14-24-19-10-6-5-9-18(19)20(21)22/h5-6,9-13H,3-4,7-8,14H2,1-2H3,(H,21,22). The fourth-order valence-corrected chi connectivity index (χ4v) is 2.61. The van der Waals surface area contributed by atoms with Gasteiger partial charge in [-0.05, 0) is 48.2 Å². The average molecular weight is 328 g/mol. The van der Waals surface area contributed by atoms with Gasteiger partial charge in [-0.3, -0.25) is 0 Å². The quantitative estimate of drug-likeness (QED) is 0.678. The normalized spacial score (nSPS) is 10.4. The molecule has 0 saturated heterocycles. The fraction of sp³-hybridized carbons (Fsp3) is 0.350. The first-order valence-electron chi connectivity index (χ1n) is 8.34. The molecule has 24 heavy (non-hydrogen) atoms. The van der Waals surface area contributed by atoms with Crippen LogP contribution in [-0.4, -0.2) is 17.9 Å². The third-order valence-corrected chi connectivity index (χ3v) is 3.66. The second kappa shape index (κ2) is 8.96. The maximum Gasteiger partial charge on any atom is 0.339 e. The first-order chi connectivity index (χ1) is 11.6. The van der Waals surface area contributed by atoms with Gasteiger partial charge in [0, 0.05) is 0 Å². The van der Waals surface area contributed by atoms with Crippen LogP contribution in [0.2, 0.25) is 0 Å². The van der Waals surface area contributed by atoms with Gasteiger partial charge in [-0.2, -0.15) is 0 Å². The van der Waals surface area contributed by atoms with Crippen LogP contribution in [0.3, 0.4) is 0 Å². The number of hydrogen-bond donors (Lipinski definition) is 1. The van der Waals surface area contributed by atoms with Gasteiger partial charge in [0.25, 0.3) is 0 Å². The molecular weight excluding hydrogens is 304 g/mol. The first-order valence-corrected chi connectivity index (χ1v) is 8.34. The highest BCUT2D eigenvalue weighted by molar-refractivity contribution is 5.90. The molecule has 2 aromatic rings. The molecule has 2 aromatic carbocycles. The Kier molecular flexibility index (Phi) is 6.67. The van der Waals surface area contributed by atoms with E-state index in [9.17, 15) is 4.79 Å². The number of aromatic carboxylic acids is 1. The Morgan fingerprint density at radius 3 is 2.17 bits per heavy atom. The summed E-state index contributed by atoms with van der Waals surface area (Å²) in [6.07, 6.45) is 4.18. The molecule has 0 spiro atoms. The van der Waals surface area contributed by atoms with E-state index in [1.807, 2.05) is 12.1 Å². The summed E-state index contributed by atoms with van der Waals surface area (Å²) < 4.78 is 11.2. The number of para-hydroxylation sites is 1. The molecule has 0 atom stereocenters. The second-order valence-electron chi connectivity index (χ2n) is 5.69. The van der Waals surface area contributed by atoms with E-state index in [1.165, 1.54) is 17.2 Å². The molecule has 128 valence electrons. The molecule has 0 saturated carbocycles. The lowest BCUT2D eigenvalue weighted by Crippen LogP contribution is -2.09. The highest BCUT2D eigenvalue weighted by Crippen LogP contribution is 2.21. The lowest BCUT2D eigenvalue weighted by Gasteiger charge is -2.13. The van der Waals surface area contributed by atoms with Gasteiger partial charge in [0.2, 0.25) is 6.79 Å². The number of rotatable bonds is 9. The molecule has 0 aliphatic rings. The molecule has 0 radical (unpaired) electrons. The van der Waals surface area contributed by atoms with Gasteiger partial charge in [0.15, 0.2) is 0 Å². The van der Waals surface area contributed by atoms with Crippen molar-refractivity contribution in [1.82, 2.24) is 0 Å². The van der Waals surface area contributed by atoms with E-state index in [2.05, 4.69) is 19.9 Å². The highest BCUT2D eigenvalue weighted by Gasteiger charge is 2.10. The minimum atomic E-state index is -1.01. The number of hydrogen-bond acceptors (Lipinski definition) is 3. The van der Waals surface area contributed by atoms with Crippen LogP contribution in [0.1, 0.15) is 48.2 Å². The maximum atomic E-state index is 11.2. The fourth-order valence-electron chi connectivity index (χ4n) is 2.61. The van der Waals surface area contributed by atoms with E-state index in [4.69, 9.17) is 14.6 Å². The van der Waals surface area contributed by atoms with Crippen molar-refractivity contribution in [3.63, 3.8) is 0 Å². The van der Waals surface area contributed by atoms with Crippen molar-refractivity contribution >= 4 is 5.97 Å². The molecule has 0 unspecified atom stereocenters. The van der Waals surface area contributed by atoms with Gasteiger partial charge in [-0.1, -0.05) is 44.9 Å². The maximum absolute atomic E-state index is 11.2. The average Bonchev–Trinajstić information content (AvgIpc) is 2.55. The minimum absolute atomic E-state index is 0.0224. The van der Waals surface area contributed by atoms with Crippen molar-refractivity contribution in [3.05, 3.63) is 59.2 Å². The summed E-state index contributed by atoms with van der Waals surface area (Å²) in [5, 5.41) is 9.15. The third kappa shape index (κ3) is 5.01. The van der Waals surface area contributed by atoms with E-state index in [-0.39, 0.29) is 12.4 Å². The number of carboxylic acids is 1. The molecule has 2 rings (SSSR count). The molecule has 0 heterocycles. The zero-order valence-corrected chi connectivity index (χ0v) is 14.2. The van der Waals surface area contributed by atoms with Crippen LogP contribution in [0.25, 0.3) is 0 Å². The third-order valence-electron chi connectivity index (χ3n) is 3.66. The Morgan fingerprint density at radius 1 is 0.958 bits per heavy atom. The number of carbonyl (C=O) groups is 1. The molecule has 0 aliphatic heterocycles. The molecule has 0 bridgehead atoms. The van der Waals surface area contributed by atoms with Crippen molar-refractivity contribution in [1.29, 1.82) is 0 Å². The zero-order chi connectivity index (χ0) is 17.4. The van der Waals surface area contributed by atoms with Crippen molar-refractivity contribution in [3.8, 4) is 11.5 Å². The molecule has 4 nitrogen and oxygen atoms in total. The Balaban J connectivity index is 2.05. The van der Waals surface area contributed by atoms with Crippen LogP contribution in [0.4, 0.5) is 0 Å². The summed E-state index contributed by atoms with van der Waals surface area (Å²) in [5.74, 6) is 0.0569. The summed E-state index contributed by atoms with van der Waals surface area (Å²) in [4.78, 5) is 11.2. The number of benzene rings is 2. The molecule has 0 amide bonds. The van der Waals surface area contributed by atoms with Crippen LogP contribution >= 0.6 is 0 Å². The predicted molar refractivity (Wildman–Crippen MR) is 94.0 cm³/mol. The summed E-state index contributed by atoms with van der Waals surface area (Å²) in [6.45, 7) is 4.28. The summed E-state index contributed by atoms with van der Waals surface area (Å²) in [6, 6.07) is 12.8. The Labute approximate surface area is 143 Å². The topological polar surface area (TPSA) is 55.8 Å². The SMILES string of the molecule is CCCc1cc(CCC)cc(OCOc2ccccc2C(=O)O)c1. The van der Waals surface area contributed by atoms with Crippen LogP contribution in [0, 0.1) is 0 Å². The van der Waals surface area contributed by atoms with Crippen molar-refractivity contribution in [2.45, 2.75) is 39.5 Å². The largest absolute Gasteiger partial charge is 0.478 e. The van der Waals surface area contributed by atoms with E-state index in [1.54, 1.807) is 18.2 Å². The molecule has 0 fully saturated rings. The van der Waals surface area contributed by atoms with Gasteiger partial charge in [0.05, 0.1) is 0 Å². The monoisotopic (exact) mass is 328 g/mol. The molecule has 4 heteroatoms. The molecule has 1 N–H and O–H groups in total. The predicted octanol–water partition coefficient (Wildman–Crippen LogP) is 4.71. The summed E-state index contributed by atoms with van der Waals surface area (Å²) in [7, 11) is 0. The Bertz CT molecular complexity index is 655. The van der Waals surface area contributed by atoms with E-state index >= 15 is 0 Å². The van der Waals surface area contributed by atoms with Gasteiger partial charge in [-0.25, -0.2) is 4.79 Å². The lowest BCUT2D eigenvalue weighted by atomic mass is 10.0. The van der Waals surface area contributed by atoms with Crippen LogP contribution < -0.4 is 9.47 Å². The van der Waals surface area contributed by atoms with E-state index in [0.29, 0.717) is 5.75 Å². The summed E-state index contributed by atoms with van der Waals surface area (Å²) in [5.41, 5.74) is 2.64. The Hall–Kier alpha value is -2.49. The number of aryl methyl sites for hydroxylation is 2. The second-order valence-corrected chi connectivity index (χ2v) is 5.69. The van der Waals surface area contributed by atoms with E-state index in [0.717, 1.165) is 31.4 Å².